The van der Waals surface area contributed by atoms with E-state index in [1.807, 2.05) is 0 Å². The number of isocyanates is 1. The molecule has 0 N–H and O–H groups in total. The number of hydrogen-bond acceptors (Lipinski definition) is 4. The van der Waals surface area contributed by atoms with Crippen molar-refractivity contribution in [1.82, 2.24) is 8.61 Å². The van der Waals surface area contributed by atoms with Gasteiger partial charge >= 0.3 is 0 Å². The molecular weight excluding hydrogens is 254 g/mol. The normalized spacial score (nSPS) is 27.7. The molecule has 0 amide bonds. The molecule has 1 unspecified atom stereocenters. The summed E-state index contributed by atoms with van der Waals surface area (Å²) in [6.45, 7) is 2.07. The van der Waals surface area contributed by atoms with E-state index in [9.17, 15) is 13.2 Å². The molecule has 0 radical (unpaired) electrons. The third kappa shape index (κ3) is 2.98. The van der Waals surface area contributed by atoms with Crippen molar-refractivity contribution < 1.29 is 13.2 Å². The zero-order valence-corrected chi connectivity index (χ0v) is 11.2. The van der Waals surface area contributed by atoms with Crippen LogP contribution in [0.2, 0.25) is 0 Å². The third-order valence-electron chi connectivity index (χ3n) is 3.56. The molecule has 7 heteroatoms. The summed E-state index contributed by atoms with van der Waals surface area (Å²) in [5.74, 6) is 0. The smallest absolute Gasteiger partial charge is 0.211 e. The van der Waals surface area contributed by atoms with Crippen molar-refractivity contribution in [2.75, 3.05) is 26.2 Å². The van der Waals surface area contributed by atoms with Gasteiger partial charge in [0, 0.05) is 26.2 Å². The minimum atomic E-state index is -3.36. The van der Waals surface area contributed by atoms with Gasteiger partial charge < -0.3 is 0 Å². The van der Waals surface area contributed by atoms with E-state index in [0.717, 1.165) is 32.1 Å². The second-order valence-corrected chi connectivity index (χ2v) is 6.77. The molecule has 2 saturated heterocycles. The Kier molecular flexibility index (Phi) is 4.50. The van der Waals surface area contributed by atoms with Gasteiger partial charge in [0.1, 0.15) is 0 Å². The fraction of sp³-hybridized carbons (Fsp3) is 0.909. The van der Waals surface area contributed by atoms with Crippen molar-refractivity contribution in [3.05, 3.63) is 0 Å². The predicted octanol–water partition coefficient (Wildman–Crippen LogP) is 0.517. The molecule has 102 valence electrons. The Labute approximate surface area is 108 Å². The minimum absolute atomic E-state index is 0.226. The Morgan fingerprint density at radius 1 is 1.00 bits per heavy atom. The zero-order chi connectivity index (χ0) is 13.0. The van der Waals surface area contributed by atoms with E-state index in [1.54, 1.807) is 4.31 Å². The number of nitrogens with zero attached hydrogens (tertiary/aromatic N) is 3. The highest BCUT2D eigenvalue weighted by Crippen LogP contribution is 2.21. The zero-order valence-electron chi connectivity index (χ0n) is 10.4. The van der Waals surface area contributed by atoms with E-state index in [0.29, 0.717) is 26.2 Å². The van der Waals surface area contributed by atoms with Gasteiger partial charge in [-0.2, -0.15) is 17.0 Å². The van der Waals surface area contributed by atoms with Gasteiger partial charge in [-0.15, -0.1) is 0 Å². The molecular formula is C11H19N3O3S. The van der Waals surface area contributed by atoms with Crippen molar-refractivity contribution in [1.29, 1.82) is 0 Å². The Balaban J connectivity index is 2.06. The Morgan fingerprint density at radius 3 is 2.33 bits per heavy atom. The van der Waals surface area contributed by atoms with Gasteiger partial charge in [0.15, 0.2) is 0 Å². The Morgan fingerprint density at radius 2 is 1.67 bits per heavy atom. The Hall–Kier alpha value is -0.750. The molecule has 2 heterocycles. The van der Waals surface area contributed by atoms with Crippen molar-refractivity contribution in [2.45, 2.75) is 38.1 Å². The van der Waals surface area contributed by atoms with Crippen LogP contribution in [0.4, 0.5) is 0 Å². The number of hydrogen-bond donors (Lipinski definition) is 0. The molecule has 2 aliphatic heterocycles. The molecule has 0 saturated carbocycles. The van der Waals surface area contributed by atoms with E-state index in [4.69, 9.17) is 0 Å². The van der Waals surface area contributed by atoms with Crippen molar-refractivity contribution in [3.8, 4) is 0 Å². The fourth-order valence-corrected chi connectivity index (χ4v) is 4.34. The first-order valence-electron chi connectivity index (χ1n) is 6.47. The average molecular weight is 273 g/mol. The molecule has 2 rings (SSSR count). The first kappa shape index (κ1) is 13.7. The molecule has 2 fully saturated rings. The van der Waals surface area contributed by atoms with Gasteiger partial charge in [0.25, 0.3) is 10.2 Å². The summed E-state index contributed by atoms with van der Waals surface area (Å²) in [5, 5.41) is 0. The minimum Gasteiger partial charge on any atom is -0.211 e. The lowest BCUT2D eigenvalue weighted by Crippen LogP contribution is -2.50. The molecule has 1 atom stereocenters. The highest BCUT2D eigenvalue weighted by Gasteiger charge is 2.34. The SMILES string of the molecule is O=C=NC1CCCN(S(=O)(=O)N2CCCCC2)C1. The number of rotatable bonds is 3. The third-order valence-corrected chi connectivity index (χ3v) is 5.56. The first-order valence-corrected chi connectivity index (χ1v) is 7.86. The fourth-order valence-electron chi connectivity index (χ4n) is 2.57. The van der Waals surface area contributed by atoms with Crippen LogP contribution < -0.4 is 0 Å². The summed E-state index contributed by atoms with van der Waals surface area (Å²) in [4.78, 5) is 13.9. The molecule has 0 aromatic heterocycles. The van der Waals surface area contributed by atoms with Crippen LogP contribution in [-0.2, 0) is 15.0 Å². The average Bonchev–Trinajstić information content (AvgIpc) is 2.40. The predicted molar refractivity (Wildman–Crippen MR) is 67.1 cm³/mol. The van der Waals surface area contributed by atoms with Crippen molar-refractivity contribution in [3.63, 3.8) is 0 Å². The van der Waals surface area contributed by atoms with Gasteiger partial charge in [0.2, 0.25) is 6.08 Å². The maximum atomic E-state index is 12.4. The summed E-state index contributed by atoms with van der Waals surface area (Å²) in [6.07, 6.45) is 6.02. The largest absolute Gasteiger partial charge is 0.282 e. The second-order valence-electron chi connectivity index (χ2n) is 4.84. The number of carbonyl (C=O) groups excluding carboxylic acids is 1. The van der Waals surface area contributed by atoms with Crippen LogP contribution in [0.3, 0.4) is 0 Å². The highest BCUT2D eigenvalue weighted by molar-refractivity contribution is 7.86. The lowest BCUT2D eigenvalue weighted by atomic mass is 10.1. The summed E-state index contributed by atoms with van der Waals surface area (Å²) < 4.78 is 27.8. The summed E-state index contributed by atoms with van der Waals surface area (Å²) >= 11 is 0. The molecule has 0 spiro atoms. The highest BCUT2D eigenvalue weighted by atomic mass is 32.2. The van der Waals surface area contributed by atoms with Gasteiger partial charge in [0.05, 0.1) is 6.04 Å². The molecule has 0 aromatic carbocycles. The first-order chi connectivity index (χ1) is 8.64. The van der Waals surface area contributed by atoms with Crippen LogP contribution in [-0.4, -0.2) is 55.3 Å². The van der Waals surface area contributed by atoms with Crippen LogP contribution in [0.1, 0.15) is 32.1 Å². The number of piperidine rings is 2. The maximum absolute atomic E-state index is 12.4. The van der Waals surface area contributed by atoms with Crippen molar-refractivity contribution >= 4 is 16.3 Å². The van der Waals surface area contributed by atoms with Crippen molar-refractivity contribution in [2.24, 2.45) is 4.99 Å². The lowest BCUT2D eigenvalue weighted by molar-refractivity contribution is 0.268. The second kappa shape index (κ2) is 5.93. The quantitative estimate of drug-likeness (QED) is 0.556. The van der Waals surface area contributed by atoms with E-state index >= 15 is 0 Å². The molecule has 6 nitrogen and oxygen atoms in total. The standard InChI is InChI=1S/C11H19N3O3S/c15-10-12-11-5-4-8-14(9-11)18(16,17)13-6-2-1-3-7-13/h11H,1-9H2. The topological polar surface area (TPSA) is 70.0 Å². The van der Waals surface area contributed by atoms with Crippen LogP contribution in [0.15, 0.2) is 4.99 Å². The Bertz CT molecular complexity index is 425. The molecule has 0 aromatic rings. The molecule has 0 aliphatic carbocycles. The van der Waals surface area contributed by atoms with Gasteiger partial charge in [-0.3, -0.25) is 0 Å². The van der Waals surface area contributed by atoms with E-state index in [-0.39, 0.29) is 6.04 Å². The van der Waals surface area contributed by atoms with E-state index in [1.165, 1.54) is 10.4 Å². The van der Waals surface area contributed by atoms with E-state index in [2.05, 4.69) is 4.99 Å². The van der Waals surface area contributed by atoms with Crippen LogP contribution >= 0.6 is 0 Å². The summed E-state index contributed by atoms with van der Waals surface area (Å²) in [5.41, 5.74) is 0. The monoisotopic (exact) mass is 273 g/mol. The van der Waals surface area contributed by atoms with E-state index < -0.39 is 10.2 Å². The van der Waals surface area contributed by atoms with Gasteiger partial charge in [-0.05, 0) is 25.7 Å². The van der Waals surface area contributed by atoms with Crippen LogP contribution in [0.25, 0.3) is 0 Å². The lowest BCUT2D eigenvalue weighted by Gasteiger charge is -2.35. The summed E-state index contributed by atoms with van der Waals surface area (Å²) in [7, 11) is -3.36. The van der Waals surface area contributed by atoms with Gasteiger partial charge in [-0.25, -0.2) is 9.79 Å². The summed E-state index contributed by atoms with van der Waals surface area (Å²) in [6, 6.07) is -0.226. The molecule has 0 bridgehead atoms. The molecule has 2 aliphatic rings. The molecule has 18 heavy (non-hydrogen) atoms. The van der Waals surface area contributed by atoms with Gasteiger partial charge in [-0.1, -0.05) is 6.42 Å². The number of aliphatic imine (C=N–C) groups is 1. The maximum Gasteiger partial charge on any atom is 0.282 e. The van der Waals surface area contributed by atoms with Crippen LogP contribution in [0, 0.1) is 0 Å². The van der Waals surface area contributed by atoms with Crippen LogP contribution in [0.5, 0.6) is 0 Å².